The number of benzene rings is 1. The predicted octanol–water partition coefficient (Wildman–Crippen LogP) is 3.07. The van der Waals surface area contributed by atoms with Gasteiger partial charge in [-0.3, -0.25) is 0 Å². The number of aryl methyl sites for hydroxylation is 1. The number of aliphatic hydroxyl groups excluding tert-OH is 1. The maximum absolute atomic E-state index is 9.97. The normalized spacial score (nSPS) is 11.8. The largest absolute Gasteiger partial charge is 0.386 e. The van der Waals surface area contributed by atoms with E-state index in [0.717, 1.165) is 16.1 Å². The van der Waals surface area contributed by atoms with Crippen LogP contribution in [0.3, 0.4) is 0 Å². The third kappa shape index (κ3) is 2.70. The van der Waals surface area contributed by atoms with Gasteiger partial charge in [-0.05, 0) is 30.0 Å². The first-order chi connectivity index (χ1) is 8.72. The third-order valence-corrected chi connectivity index (χ3v) is 3.72. The van der Waals surface area contributed by atoms with Crippen LogP contribution < -0.4 is 5.32 Å². The van der Waals surface area contributed by atoms with Crippen LogP contribution in [0.4, 0.5) is 5.69 Å². The highest BCUT2D eigenvalue weighted by Gasteiger charge is 2.10. The minimum atomic E-state index is -0.544. The second-order valence-corrected chi connectivity index (χ2v) is 5.00. The number of aliphatic hydroxyl groups is 1. The summed E-state index contributed by atoms with van der Waals surface area (Å²) in [7, 11) is 0. The van der Waals surface area contributed by atoms with Crippen LogP contribution in [0.5, 0.6) is 0 Å². The molecule has 1 atom stereocenters. The van der Waals surface area contributed by atoms with Gasteiger partial charge in [0.05, 0.1) is 11.3 Å². The molecule has 0 saturated carbocycles. The van der Waals surface area contributed by atoms with Crippen molar-refractivity contribution in [1.82, 2.24) is 0 Å². The summed E-state index contributed by atoms with van der Waals surface area (Å²) >= 11 is 1.52. The number of hydrogen-bond donors (Lipinski definition) is 2. The van der Waals surface area contributed by atoms with Crippen molar-refractivity contribution < 1.29 is 5.11 Å². The van der Waals surface area contributed by atoms with Gasteiger partial charge in [0.25, 0.3) is 0 Å². The maximum Gasteiger partial charge on any atom is 0.105 e. The molecule has 92 valence electrons. The molecule has 0 radical (unpaired) electrons. The molecule has 0 aliphatic carbocycles. The Hall–Kier alpha value is -1.83. The Morgan fingerprint density at radius 1 is 1.39 bits per heavy atom. The van der Waals surface area contributed by atoms with E-state index in [2.05, 4.69) is 11.4 Å². The molecule has 1 aromatic heterocycles. The number of nitriles is 1. The first-order valence-electron chi connectivity index (χ1n) is 5.67. The average molecular weight is 258 g/mol. The lowest BCUT2D eigenvalue weighted by Crippen LogP contribution is -2.12. The summed E-state index contributed by atoms with van der Waals surface area (Å²) in [6.45, 7) is 2.30. The van der Waals surface area contributed by atoms with Crippen LogP contribution in [0.2, 0.25) is 0 Å². The molecule has 2 N–H and O–H groups in total. The van der Waals surface area contributed by atoms with Crippen LogP contribution in [-0.2, 0) is 0 Å². The van der Waals surface area contributed by atoms with Crippen LogP contribution in [-0.4, -0.2) is 11.7 Å². The molecule has 0 aliphatic heterocycles. The maximum atomic E-state index is 9.97. The molecule has 1 aromatic carbocycles. The van der Waals surface area contributed by atoms with Gasteiger partial charge in [0.15, 0.2) is 0 Å². The van der Waals surface area contributed by atoms with Gasteiger partial charge >= 0.3 is 0 Å². The molecule has 0 fully saturated rings. The van der Waals surface area contributed by atoms with E-state index in [0.29, 0.717) is 12.1 Å². The molecular formula is C14H14N2OS. The van der Waals surface area contributed by atoms with Gasteiger partial charge in [-0.15, -0.1) is 11.3 Å². The second-order valence-electron chi connectivity index (χ2n) is 4.02. The topological polar surface area (TPSA) is 56.0 Å². The van der Waals surface area contributed by atoms with Crippen LogP contribution in [0.1, 0.15) is 22.1 Å². The fourth-order valence-electron chi connectivity index (χ4n) is 1.75. The Morgan fingerprint density at radius 2 is 2.22 bits per heavy atom. The lowest BCUT2D eigenvalue weighted by Gasteiger charge is -2.13. The zero-order valence-corrected chi connectivity index (χ0v) is 10.9. The highest BCUT2D eigenvalue weighted by atomic mass is 32.1. The lowest BCUT2D eigenvalue weighted by molar-refractivity contribution is 0.195. The van der Waals surface area contributed by atoms with E-state index in [9.17, 15) is 5.11 Å². The number of thiophene rings is 1. The van der Waals surface area contributed by atoms with Crippen molar-refractivity contribution in [1.29, 1.82) is 5.26 Å². The van der Waals surface area contributed by atoms with Gasteiger partial charge in [0.2, 0.25) is 0 Å². The SMILES string of the molecule is Cc1cccc(NCC(O)c2cccs2)c1C#N. The van der Waals surface area contributed by atoms with Gasteiger partial charge in [-0.2, -0.15) is 5.26 Å². The van der Waals surface area contributed by atoms with Crippen molar-refractivity contribution in [2.24, 2.45) is 0 Å². The van der Waals surface area contributed by atoms with Crippen LogP contribution in [0, 0.1) is 18.3 Å². The molecule has 1 unspecified atom stereocenters. The van der Waals surface area contributed by atoms with Gasteiger partial charge in [-0.25, -0.2) is 0 Å². The summed E-state index contributed by atoms with van der Waals surface area (Å²) in [5.74, 6) is 0. The molecule has 0 saturated heterocycles. The molecule has 4 heteroatoms. The Morgan fingerprint density at radius 3 is 2.89 bits per heavy atom. The number of nitrogens with one attached hydrogen (secondary N) is 1. The molecule has 18 heavy (non-hydrogen) atoms. The standard InChI is InChI=1S/C14H14N2OS/c1-10-4-2-5-12(11(10)8-15)16-9-13(17)14-6-3-7-18-14/h2-7,13,16-17H,9H2,1H3. The lowest BCUT2D eigenvalue weighted by atomic mass is 10.1. The zero-order chi connectivity index (χ0) is 13.0. The van der Waals surface area contributed by atoms with E-state index in [-0.39, 0.29) is 0 Å². The number of anilines is 1. The summed E-state index contributed by atoms with van der Waals surface area (Å²) in [6, 6.07) is 11.7. The first kappa shape index (κ1) is 12.6. The van der Waals surface area contributed by atoms with Crippen LogP contribution in [0.25, 0.3) is 0 Å². The Bertz CT molecular complexity index is 558. The van der Waals surface area contributed by atoms with Crippen molar-refractivity contribution in [3.63, 3.8) is 0 Å². The van der Waals surface area contributed by atoms with Gasteiger partial charge in [0.1, 0.15) is 12.2 Å². The quantitative estimate of drug-likeness (QED) is 0.886. The van der Waals surface area contributed by atoms with E-state index in [4.69, 9.17) is 5.26 Å². The molecule has 2 rings (SSSR count). The molecule has 2 aromatic rings. The highest BCUT2D eigenvalue weighted by molar-refractivity contribution is 7.10. The summed E-state index contributed by atoms with van der Waals surface area (Å²) in [4.78, 5) is 0.925. The third-order valence-electron chi connectivity index (χ3n) is 2.74. The minimum Gasteiger partial charge on any atom is -0.386 e. The Labute approximate surface area is 110 Å². The molecule has 0 amide bonds. The van der Waals surface area contributed by atoms with Crippen molar-refractivity contribution >= 4 is 17.0 Å². The van der Waals surface area contributed by atoms with E-state index in [1.807, 2.05) is 42.6 Å². The van der Waals surface area contributed by atoms with Gasteiger partial charge in [0, 0.05) is 11.4 Å². The van der Waals surface area contributed by atoms with E-state index >= 15 is 0 Å². The van der Waals surface area contributed by atoms with Crippen LogP contribution in [0.15, 0.2) is 35.7 Å². The molecule has 3 nitrogen and oxygen atoms in total. The van der Waals surface area contributed by atoms with E-state index in [1.165, 1.54) is 11.3 Å². The van der Waals surface area contributed by atoms with Crippen molar-refractivity contribution in [3.05, 3.63) is 51.7 Å². The van der Waals surface area contributed by atoms with Gasteiger partial charge in [-0.1, -0.05) is 18.2 Å². The Balaban J connectivity index is 2.07. The minimum absolute atomic E-state index is 0.401. The molecular weight excluding hydrogens is 244 g/mol. The first-order valence-corrected chi connectivity index (χ1v) is 6.55. The number of rotatable bonds is 4. The second kappa shape index (κ2) is 5.67. The Kier molecular flexibility index (Phi) is 3.98. The summed E-state index contributed by atoms with van der Waals surface area (Å²) in [6.07, 6.45) is -0.544. The number of nitrogens with zero attached hydrogens (tertiary/aromatic N) is 1. The summed E-state index contributed by atoms with van der Waals surface area (Å²) < 4.78 is 0. The van der Waals surface area contributed by atoms with Crippen LogP contribution >= 0.6 is 11.3 Å². The summed E-state index contributed by atoms with van der Waals surface area (Å²) in [5.41, 5.74) is 2.34. The van der Waals surface area contributed by atoms with Crippen molar-refractivity contribution in [2.75, 3.05) is 11.9 Å². The van der Waals surface area contributed by atoms with E-state index < -0.39 is 6.10 Å². The molecule has 0 spiro atoms. The fraction of sp³-hybridized carbons (Fsp3) is 0.214. The smallest absolute Gasteiger partial charge is 0.105 e. The molecule has 0 aliphatic rings. The predicted molar refractivity (Wildman–Crippen MR) is 73.7 cm³/mol. The van der Waals surface area contributed by atoms with Gasteiger partial charge < -0.3 is 10.4 Å². The number of hydrogen-bond acceptors (Lipinski definition) is 4. The summed E-state index contributed by atoms with van der Waals surface area (Å²) in [5, 5.41) is 24.1. The highest BCUT2D eigenvalue weighted by Crippen LogP contribution is 2.22. The van der Waals surface area contributed by atoms with Crippen molar-refractivity contribution in [3.8, 4) is 6.07 Å². The fourth-order valence-corrected chi connectivity index (χ4v) is 2.46. The average Bonchev–Trinajstić information content (AvgIpc) is 2.90. The molecule has 0 bridgehead atoms. The molecule has 1 heterocycles. The monoisotopic (exact) mass is 258 g/mol. The van der Waals surface area contributed by atoms with E-state index in [1.54, 1.807) is 0 Å². The van der Waals surface area contributed by atoms with Crippen molar-refractivity contribution in [2.45, 2.75) is 13.0 Å². The zero-order valence-electron chi connectivity index (χ0n) is 10.1.